The number of carbonyl (C=O) groups excluding carboxylic acids is 1. The molecule has 0 saturated carbocycles. The number of methoxy groups -OCH3 is 1. The number of thiocarbonyl (C=S) groups is 1. The van der Waals surface area contributed by atoms with Gasteiger partial charge in [0.2, 0.25) is 5.91 Å². The summed E-state index contributed by atoms with van der Waals surface area (Å²) in [4.78, 5) is 22.6. The Balaban J connectivity index is 1.59. The van der Waals surface area contributed by atoms with Crippen LogP contribution >= 0.6 is 23.8 Å². The molecule has 1 aromatic heterocycles. The van der Waals surface area contributed by atoms with E-state index in [0.29, 0.717) is 22.2 Å². The third-order valence-electron chi connectivity index (χ3n) is 4.02. The number of nitro benzene ring substituents is 1. The Morgan fingerprint density at radius 3 is 2.61 bits per heavy atom. The number of halogens is 1. The zero-order chi connectivity index (χ0) is 22.4. The molecule has 2 N–H and O–H groups in total. The quantitative estimate of drug-likeness (QED) is 0.231. The van der Waals surface area contributed by atoms with Gasteiger partial charge in [-0.15, -0.1) is 0 Å². The van der Waals surface area contributed by atoms with Crippen LogP contribution in [0.2, 0.25) is 5.02 Å². The van der Waals surface area contributed by atoms with E-state index in [4.69, 9.17) is 33.0 Å². The van der Waals surface area contributed by atoms with E-state index in [2.05, 4.69) is 10.6 Å². The second-order valence-electron chi connectivity index (χ2n) is 6.13. The highest BCUT2D eigenvalue weighted by molar-refractivity contribution is 7.80. The van der Waals surface area contributed by atoms with Gasteiger partial charge >= 0.3 is 5.69 Å². The largest absolute Gasteiger partial charge is 0.490 e. The number of carbonyl (C=O) groups is 1. The van der Waals surface area contributed by atoms with Crippen LogP contribution in [0.4, 0.5) is 11.4 Å². The summed E-state index contributed by atoms with van der Waals surface area (Å²) in [6, 6.07) is 14.9. The Hall–Kier alpha value is -3.69. The minimum absolute atomic E-state index is 0.0181. The molecule has 0 aliphatic heterocycles. The molecule has 8 nitrogen and oxygen atoms in total. The van der Waals surface area contributed by atoms with Crippen molar-refractivity contribution in [3.8, 4) is 17.1 Å². The van der Waals surface area contributed by atoms with Crippen molar-refractivity contribution in [2.24, 2.45) is 0 Å². The first kappa shape index (κ1) is 22.0. The number of furan rings is 1. The number of nitrogens with one attached hydrogen (secondary N) is 2. The lowest BCUT2D eigenvalue weighted by molar-refractivity contribution is -0.385. The van der Waals surface area contributed by atoms with Gasteiger partial charge in [0.25, 0.3) is 0 Å². The van der Waals surface area contributed by atoms with E-state index in [1.54, 1.807) is 30.3 Å². The molecule has 0 bridgehead atoms. The molecule has 31 heavy (non-hydrogen) atoms. The van der Waals surface area contributed by atoms with Crippen molar-refractivity contribution in [1.82, 2.24) is 5.32 Å². The van der Waals surface area contributed by atoms with Gasteiger partial charge < -0.3 is 14.5 Å². The molecule has 0 aliphatic carbocycles. The molecule has 1 amide bonds. The average molecular weight is 458 g/mol. The highest BCUT2D eigenvalue weighted by Gasteiger charge is 2.15. The first-order chi connectivity index (χ1) is 14.9. The summed E-state index contributed by atoms with van der Waals surface area (Å²) in [5.41, 5.74) is 0.962. The summed E-state index contributed by atoms with van der Waals surface area (Å²) in [5.74, 6) is 0.731. The molecule has 2 aromatic carbocycles. The van der Waals surface area contributed by atoms with E-state index in [0.717, 1.165) is 5.56 Å². The fourth-order valence-corrected chi connectivity index (χ4v) is 2.94. The number of hydrogen-bond donors (Lipinski definition) is 2. The van der Waals surface area contributed by atoms with Crippen molar-refractivity contribution < 1.29 is 18.9 Å². The van der Waals surface area contributed by atoms with E-state index in [1.165, 1.54) is 31.4 Å². The van der Waals surface area contributed by atoms with Gasteiger partial charge in [-0.05, 0) is 66.8 Å². The Morgan fingerprint density at radius 1 is 1.19 bits per heavy atom. The number of hydrogen-bond acceptors (Lipinski definition) is 6. The Kier molecular flexibility index (Phi) is 7.01. The number of nitro groups is 1. The molecule has 0 spiro atoms. The lowest BCUT2D eigenvalue weighted by Gasteiger charge is -2.09. The topological polar surface area (TPSA) is 107 Å². The standard InChI is InChI=1S/C21H16ClN3O5S/c1-29-19-9-6-15(12-17(19)25(27)28)23-21(31)24-20(26)11-8-16-7-10-18(30-16)13-2-4-14(22)5-3-13/h2-12H,1H3,(H2,23,24,26,31). The predicted molar refractivity (Wildman–Crippen MR) is 122 cm³/mol. The fraction of sp³-hybridized carbons (Fsp3) is 0.0476. The maximum Gasteiger partial charge on any atom is 0.312 e. The molecule has 0 aliphatic rings. The van der Waals surface area contributed by atoms with Crippen LogP contribution in [0.1, 0.15) is 5.76 Å². The fourth-order valence-electron chi connectivity index (χ4n) is 2.60. The van der Waals surface area contributed by atoms with Crippen molar-refractivity contribution in [3.05, 3.63) is 81.6 Å². The van der Waals surface area contributed by atoms with Gasteiger partial charge in [-0.2, -0.15) is 0 Å². The summed E-state index contributed by atoms with van der Waals surface area (Å²) in [7, 11) is 1.34. The molecule has 0 fully saturated rings. The van der Waals surface area contributed by atoms with Crippen LogP contribution in [-0.2, 0) is 4.79 Å². The van der Waals surface area contributed by atoms with Crippen molar-refractivity contribution in [3.63, 3.8) is 0 Å². The molecule has 0 radical (unpaired) electrons. The third-order valence-corrected chi connectivity index (χ3v) is 4.48. The molecular weight excluding hydrogens is 442 g/mol. The smallest absolute Gasteiger partial charge is 0.312 e. The molecule has 0 saturated heterocycles. The predicted octanol–water partition coefficient (Wildman–Crippen LogP) is 5.04. The first-order valence-electron chi connectivity index (χ1n) is 8.84. The van der Waals surface area contributed by atoms with Crippen molar-refractivity contribution in [1.29, 1.82) is 0 Å². The van der Waals surface area contributed by atoms with Crippen LogP contribution in [0.5, 0.6) is 5.75 Å². The number of benzene rings is 2. The SMILES string of the molecule is COc1ccc(NC(=S)NC(=O)C=Cc2ccc(-c3ccc(Cl)cc3)o2)cc1[N+](=O)[O-]. The zero-order valence-electron chi connectivity index (χ0n) is 16.1. The van der Waals surface area contributed by atoms with Gasteiger partial charge in [0, 0.05) is 28.4 Å². The van der Waals surface area contributed by atoms with E-state index >= 15 is 0 Å². The monoisotopic (exact) mass is 457 g/mol. The van der Waals surface area contributed by atoms with Crippen LogP contribution in [0.15, 0.2) is 65.1 Å². The summed E-state index contributed by atoms with van der Waals surface area (Å²) < 4.78 is 10.6. The van der Waals surface area contributed by atoms with Gasteiger partial charge in [0.15, 0.2) is 10.9 Å². The summed E-state index contributed by atoms with van der Waals surface area (Å²) in [6.07, 6.45) is 2.75. The lowest BCUT2D eigenvalue weighted by atomic mass is 10.2. The van der Waals surface area contributed by atoms with E-state index < -0.39 is 10.8 Å². The molecule has 10 heteroatoms. The highest BCUT2D eigenvalue weighted by Crippen LogP contribution is 2.29. The van der Waals surface area contributed by atoms with Crippen LogP contribution < -0.4 is 15.4 Å². The minimum Gasteiger partial charge on any atom is -0.490 e. The van der Waals surface area contributed by atoms with Gasteiger partial charge in [-0.25, -0.2) is 0 Å². The van der Waals surface area contributed by atoms with E-state index in [1.807, 2.05) is 12.1 Å². The Bertz CT molecular complexity index is 1160. The summed E-state index contributed by atoms with van der Waals surface area (Å²) in [6.45, 7) is 0. The molecule has 0 atom stereocenters. The lowest BCUT2D eigenvalue weighted by Crippen LogP contribution is -2.32. The first-order valence-corrected chi connectivity index (χ1v) is 9.62. The van der Waals surface area contributed by atoms with Crippen LogP contribution in [-0.4, -0.2) is 23.1 Å². The maximum absolute atomic E-state index is 12.1. The molecule has 158 valence electrons. The van der Waals surface area contributed by atoms with Gasteiger partial charge in [-0.1, -0.05) is 11.6 Å². The zero-order valence-corrected chi connectivity index (χ0v) is 17.7. The van der Waals surface area contributed by atoms with Crippen molar-refractivity contribution in [2.45, 2.75) is 0 Å². The number of ether oxygens (including phenoxy) is 1. The Labute approximate surface area is 187 Å². The number of anilines is 1. The summed E-state index contributed by atoms with van der Waals surface area (Å²) >= 11 is 11.0. The van der Waals surface area contributed by atoms with E-state index in [9.17, 15) is 14.9 Å². The van der Waals surface area contributed by atoms with Crippen LogP contribution in [0, 0.1) is 10.1 Å². The van der Waals surface area contributed by atoms with Gasteiger partial charge in [-0.3, -0.25) is 20.2 Å². The molecule has 1 heterocycles. The average Bonchev–Trinajstić information content (AvgIpc) is 3.21. The molecule has 0 unspecified atom stereocenters. The maximum atomic E-state index is 12.1. The normalized spacial score (nSPS) is 10.6. The third kappa shape index (κ3) is 5.91. The number of amides is 1. The van der Waals surface area contributed by atoms with Crippen molar-refractivity contribution in [2.75, 3.05) is 12.4 Å². The molecule has 3 rings (SSSR count). The number of rotatable bonds is 6. The highest BCUT2D eigenvalue weighted by atomic mass is 35.5. The molecular formula is C21H16ClN3O5S. The minimum atomic E-state index is -0.573. The van der Waals surface area contributed by atoms with Crippen LogP contribution in [0.3, 0.4) is 0 Å². The van der Waals surface area contributed by atoms with Gasteiger partial charge in [0.1, 0.15) is 11.5 Å². The van der Waals surface area contributed by atoms with Crippen LogP contribution in [0.25, 0.3) is 17.4 Å². The van der Waals surface area contributed by atoms with Crippen molar-refractivity contribution >= 4 is 52.3 Å². The number of nitrogens with zero attached hydrogens (tertiary/aromatic N) is 1. The Morgan fingerprint density at radius 2 is 1.94 bits per heavy atom. The second-order valence-corrected chi connectivity index (χ2v) is 6.97. The summed E-state index contributed by atoms with van der Waals surface area (Å²) in [5, 5.41) is 16.9. The van der Waals surface area contributed by atoms with Gasteiger partial charge in [0.05, 0.1) is 12.0 Å². The van der Waals surface area contributed by atoms with E-state index in [-0.39, 0.29) is 16.5 Å². The second kappa shape index (κ2) is 9.88. The molecule has 3 aromatic rings.